The first kappa shape index (κ1) is 19.3. The molecular formula is C16H19KO3S. The van der Waals surface area contributed by atoms with Gasteiger partial charge in [0.2, 0.25) is 0 Å². The smallest absolute Gasteiger partial charge is 0.744 e. The molecule has 5 heteroatoms. The number of benzene rings is 2. The third-order valence-electron chi connectivity index (χ3n) is 3.51. The maximum absolute atomic E-state index is 11.2. The molecule has 0 aromatic heterocycles. The van der Waals surface area contributed by atoms with Crippen LogP contribution in [0, 0.1) is 0 Å². The molecule has 0 aliphatic rings. The summed E-state index contributed by atoms with van der Waals surface area (Å²) in [5.41, 5.74) is 2.43. The van der Waals surface area contributed by atoms with Crippen LogP contribution in [0.15, 0.2) is 35.2 Å². The Morgan fingerprint density at radius 1 is 1.00 bits per heavy atom. The van der Waals surface area contributed by atoms with Gasteiger partial charge >= 0.3 is 51.4 Å². The van der Waals surface area contributed by atoms with Crippen LogP contribution in [0.4, 0.5) is 0 Å². The second-order valence-corrected chi connectivity index (χ2v) is 6.42. The van der Waals surface area contributed by atoms with Gasteiger partial charge in [0, 0.05) is 0 Å². The Hall–Kier alpha value is 0.246. The van der Waals surface area contributed by atoms with Crippen LogP contribution < -0.4 is 51.4 Å². The Bertz CT molecular complexity index is 724. The first-order valence-electron chi connectivity index (χ1n) is 6.97. The van der Waals surface area contributed by atoms with Crippen molar-refractivity contribution in [3.63, 3.8) is 0 Å². The zero-order valence-electron chi connectivity index (χ0n) is 12.8. The van der Waals surface area contributed by atoms with E-state index in [1.54, 1.807) is 6.07 Å². The van der Waals surface area contributed by atoms with Crippen molar-refractivity contribution in [2.75, 3.05) is 0 Å². The molecule has 3 nitrogen and oxygen atoms in total. The van der Waals surface area contributed by atoms with Crippen molar-refractivity contribution in [1.29, 1.82) is 0 Å². The maximum atomic E-state index is 11.2. The third-order valence-corrected chi connectivity index (χ3v) is 4.34. The van der Waals surface area contributed by atoms with Gasteiger partial charge < -0.3 is 4.55 Å². The molecule has 0 saturated heterocycles. The van der Waals surface area contributed by atoms with Gasteiger partial charge in [0.25, 0.3) is 0 Å². The zero-order valence-corrected chi connectivity index (χ0v) is 16.8. The summed E-state index contributed by atoms with van der Waals surface area (Å²) in [5.74, 6) is 0. The molecule has 0 unspecified atom stereocenters. The van der Waals surface area contributed by atoms with Gasteiger partial charge in [-0.15, -0.1) is 0 Å². The van der Waals surface area contributed by atoms with Crippen LogP contribution in [0.1, 0.15) is 37.8 Å². The minimum absolute atomic E-state index is 0. The number of hydrogen-bond donors (Lipinski definition) is 0. The van der Waals surface area contributed by atoms with Crippen molar-refractivity contribution in [2.45, 2.75) is 44.4 Å². The molecule has 0 fully saturated rings. The fraction of sp³-hybridized carbons (Fsp3) is 0.375. The number of rotatable bonds is 5. The van der Waals surface area contributed by atoms with Gasteiger partial charge in [-0.25, -0.2) is 8.42 Å². The van der Waals surface area contributed by atoms with Gasteiger partial charge in [0.15, 0.2) is 0 Å². The molecule has 2 rings (SSSR count). The van der Waals surface area contributed by atoms with Gasteiger partial charge in [0.1, 0.15) is 10.1 Å². The predicted octanol–water partition coefficient (Wildman–Crippen LogP) is 0.653. The summed E-state index contributed by atoms with van der Waals surface area (Å²) in [7, 11) is -4.40. The molecule has 0 bridgehead atoms. The molecule has 0 radical (unpaired) electrons. The van der Waals surface area contributed by atoms with E-state index in [-0.39, 0.29) is 56.3 Å². The molecule has 0 heterocycles. The zero-order chi connectivity index (χ0) is 14.8. The van der Waals surface area contributed by atoms with E-state index in [0.29, 0.717) is 0 Å². The van der Waals surface area contributed by atoms with Crippen LogP contribution in [0.3, 0.4) is 0 Å². The molecule has 21 heavy (non-hydrogen) atoms. The monoisotopic (exact) mass is 330 g/mol. The van der Waals surface area contributed by atoms with Crippen LogP contribution in [0.5, 0.6) is 0 Å². The van der Waals surface area contributed by atoms with Crippen molar-refractivity contribution in [3.8, 4) is 0 Å². The molecule has 2 aromatic rings. The normalized spacial score (nSPS) is 11.4. The molecule has 0 atom stereocenters. The molecule has 0 N–H and O–H groups in total. The molecular weight excluding hydrogens is 311 g/mol. The van der Waals surface area contributed by atoms with E-state index >= 15 is 0 Å². The van der Waals surface area contributed by atoms with Crippen LogP contribution in [0.25, 0.3) is 10.8 Å². The summed E-state index contributed by atoms with van der Waals surface area (Å²) < 4.78 is 33.6. The van der Waals surface area contributed by atoms with Crippen molar-refractivity contribution in [2.24, 2.45) is 0 Å². The average molecular weight is 330 g/mol. The Balaban J connectivity index is 0.00000220. The molecule has 108 valence electrons. The van der Waals surface area contributed by atoms with Crippen LogP contribution >= 0.6 is 0 Å². The van der Waals surface area contributed by atoms with Crippen molar-refractivity contribution >= 4 is 20.9 Å². The van der Waals surface area contributed by atoms with E-state index in [2.05, 4.69) is 19.9 Å². The van der Waals surface area contributed by atoms with Gasteiger partial charge in [0.05, 0.1) is 4.90 Å². The van der Waals surface area contributed by atoms with E-state index in [1.807, 2.05) is 6.07 Å². The molecule has 0 amide bonds. The van der Waals surface area contributed by atoms with Crippen molar-refractivity contribution in [1.82, 2.24) is 0 Å². The maximum Gasteiger partial charge on any atom is 1.00 e. The number of aryl methyl sites for hydroxylation is 2. The minimum Gasteiger partial charge on any atom is -0.744 e. The van der Waals surface area contributed by atoms with E-state index in [0.717, 1.165) is 36.5 Å². The SMILES string of the molecule is CCCc1ccc2ccc(S(=O)(=O)[O-])cc2c1CCC.[K+]. The first-order chi connectivity index (χ1) is 9.47. The molecule has 0 aliphatic heterocycles. The second-order valence-electron chi connectivity index (χ2n) is 5.04. The first-order valence-corrected chi connectivity index (χ1v) is 8.38. The van der Waals surface area contributed by atoms with Crippen molar-refractivity contribution < 1.29 is 64.4 Å². The standard InChI is InChI=1S/C16H20O3S.K/c1-3-5-12-7-8-13-9-10-14(20(17,18)19)11-16(13)15(12)6-4-2;/h7-11H,3-6H2,1-2H3,(H,17,18,19);/q;+1/p-1. The Labute approximate surface area is 169 Å². The van der Waals surface area contributed by atoms with Gasteiger partial charge in [-0.05, 0) is 46.9 Å². The Morgan fingerprint density at radius 2 is 1.62 bits per heavy atom. The van der Waals surface area contributed by atoms with Gasteiger partial charge in [-0.2, -0.15) is 0 Å². The predicted molar refractivity (Wildman–Crippen MR) is 79.9 cm³/mol. The average Bonchev–Trinajstić information content (AvgIpc) is 2.40. The summed E-state index contributed by atoms with van der Waals surface area (Å²) in [5, 5.41) is 1.88. The summed E-state index contributed by atoms with van der Waals surface area (Å²) >= 11 is 0. The van der Waals surface area contributed by atoms with Gasteiger partial charge in [-0.1, -0.05) is 44.9 Å². The molecule has 0 spiro atoms. The van der Waals surface area contributed by atoms with E-state index in [9.17, 15) is 13.0 Å². The molecule has 0 saturated carbocycles. The van der Waals surface area contributed by atoms with E-state index < -0.39 is 10.1 Å². The van der Waals surface area contributed by atoms with Crippen LogP contribution in [-0.4, -0.2) is 13.0 Å². The fourth-order valence-electron chi connectivity index (χ4n) is 2.61. The van der Waals surface area contributed by atoms with E-state index in [4.69, 9.17) is 0 Å². The summed E-state index contributed by atoms with van der Waals surface area (Å²) in [6, 6.07) is 8.75. The summed E-state index contributed by atoms with van der Waals surface area (Å²) in [6.45, 7) is 4.22. The third kappa shape index (κ3) is 4.61. The van der Waals surface area contributed by atoms with Crippen molar-refractivity contribution in [3.05, 3.63) is 41.5 Å². The second kappa shape index (κ2) is 8.20. The number of fused-ring (bicyclic) bond motifs is 1. The van der Waals surface area contributed by atoms with E-state index in [1.165, 1.54) is 23.3 Å². The van der Waals surface area contributed by atoms with Gasteiger partial charge in [-0.3, -0.25) is 0 Å². The Morgan fingerprint density at radius 3 is 2.19 bits per heavy atom. The Kier molecular flexibility index (Phi) is 7.53. The topological polar surface area (TPSA) is 57.2 Å². The van der Waals surface area contributed by atoms with Crippen LogP contribution in [0.2, 0.25) is 0 Å². The van der Waals surface area contributed by atoms with Crippen LogP contribution in [-0.2, 0) is 23.0 Å². The number of hydrogen-bond acceptors (Lipinski definition) is 3. The molecule has 2 aromatic carbocycles. The summed E-state index contributed by atoms with van der Waals surface area (Å²) in [4.78, 5) is -0.143. The quantitative estimate of drug-likeness (QED) is 0.597. The molecule has 0 aliphatic carbocycles. The summed E-state index contributed by atoms with van der Waals surface area (Å²) in [6.07, 6.45) is 3.90. The fourth-order valence-corrected chi connectivity index (χ4v) is 3.11. The minimum atomic E-state index is -4.40. The largest absolute Gasteiger partial charge is 1.00 e.